The van der Waals surface area contributed by atoms with Gasteiger partial charge in [0.05, 0.1) is 0 Å². The van der Waals surface area contributed by atoms with Gasteiger partial charge in [-0.05, 0) is 41.8 Å². The third kappa shape index (κ3) is 2.85. The van der Waals surface area contributed by atoms with Crippen molar-refractivity contribution in [2.75, 3.05) is 0 Å². The van der Waals surface area contributed by atoms with Gasteiger partial charge in [-0.1, -0.05) is 18.2 Å². The van der Waals surface area contributed by atoms with Gasteiger partial charge in [0.25, 0.3) is 0 Å². The summed E-state index contributed by atoms with van der Waals surface area (Å²) in [6.07, 6.45) is 4.39. The van der Waals surface area contributed by atoms with E-state index in [1.807, 2.05) is 11.3 Å². The van der Waals surface area contributed by atoms with Crippen molar-refractivity contribution in [3.05, 3.63) is 76.6 Å². The molecule has 0 aliphatic carbocycles. The van der Waals surface area contributed by atoms with Gasteiger partial charge in [0.15, 0.2) is 0 Å². The van der Waals surface area contributed by atoms with Crippen LogP contribution in [0.2, 0.25) is 0 Å². The number of aryl methyl sites for hydroxylation is 1. The molecular formula is C20H16NS2+. The lowest BCUT2D eigenvalue weighted by molar-refractivity contribution is -0.646. The van der Waals surface area contributed by atoms with Crippen molar-refractivity contribution < 1.29 is 4.57 Å². The average Bonchev–Trinajstić information content (AvgIpc) is 3.26. The largest absolute Gasteiger partial charge is 0.212 e. The summed E-state index contributed by atoms with van der Waals surface area (Å²) < 4.78 is 2.24. The van der Waals surface area contributed by atoms with Gasteiger partial charge in [0.1, 0.15) is 7.05 Å². The molecule has 0 aliphatic heterocycles. The van der Waals surface area contributed by atoms with E-state index in [4.69, 9.17) is 0 Å². The Morgan fingerprint density at radius 1 is 0.826 bits per heavy atom. The van der Waals surface area contributed by atoms with E-state index >= 15 is 0 Å². The van der Waals surface area contributed by atoms with Crippen LogP contribution in [0.15, 0.2) is 66.0 Å². The molecule has 0 bridgehead atoms. The normalized spacial score (nSPS) is 11.5. The zero-order valence-corrected chi connectivity index (χ0v) is 14.4. The van der Waals surface area contributed by atoms with Crippen LogP contribution >= 0.6 is 22.7 Å². The summed E-state index contributed by atoms with van der Waals surface area (Å²) >= 11 is 3.62. The highest BCUT2D eigenvalue weighted by Crippen LogP contribution is 2.32. The van der Waals surface area contributed by atoms with Crippen molar-refractivity contribution in [2.45, 2.75) is 0 Å². The standard InChI is InChI=1S/C20H16NS2/c1-21-16(9-8-15-5-2-3-6-18(15)21)10-11-17-12-13-20(23-17)19-7-4-14-22-19/h2-14H,1H3/q+1/b11-10+. The monoisotopic (exact) mass is 334 g/mol. The van der Waals surface area contributed by atoms with Gasteiger partial charge >= 0.3 is 0 Å². The second-order valence-corrected chi connectivity index (χ2v) is 7.45. The van der Waals surface area contributed by atoms with Gasteiger partial charge in [-0.2, -0.15) is 4.57 Å². The number of thiophene rings is 2. The number of benzene rings is 1. The summed E-state index contributed by atoms with van der Waals surface area (Å²) in [5.41, 5.74) is 2.45. The summed E-state index contributed by atoms with van der Waals surface area (Å²) in [6, 6.07) is 21.5. The summed E-state index contributed by atoms with van der Waals surface area (Å²) in [4.78, 5) is 3.95. The molecule has 4 rings (SSSR count). The van der Waals surface area contributed by atoms with Crippen LogP contribution in [-0.4, -0.2) is 0 Å². The van der Waals surface area contributed by atoms with Crippen LogP contribution in [0.3, 0.4) is 0 Å². The number of pyridine rings is 1. The highest BCUT2D eigenvalue weighted by Gasteiger charge is 2.08. The van der Waals surface area contributed by atoms with E-state index in [0.717, 1.165) is 0 Å². The molecule has 1 aromatic carbocycles. The molecule has 1 nitrogen and oxygen atoms in total. The van der Waals surface area contributed by atoms with Gasteiger partial charge in [-0.3, -0.25) is 0 Å². The summed E-state index contributed by atoms with van der Waals surface area (Å²) in [5.74, 6) is 0. The molecule has 0 saturated heterocycles. The first-order valence-corrected chi connectivity index (χ1v) is 9.20. The molecule has 0 radical (unpaired) electrons. The molecule has 0 amide bonds. The smallest absolute Gasteiger partial charge is 0.195 e. The van der Waals surface area contributed by atoms with Crippen LogP contribution in [0.1, 0.15) is 10.6 Å². The molecule has 0 aliphatic rings. The minimum absolute atomic E-state index is 1.20. The number of rotatable bonds is 3. The Hall–Kier alpha value is -2.23. The topological polar surface area (TPSA) is 3.88 Å². The maximum atomic E-state index is 2.24. The number of hydrogen-bond acceptors (Lipinski definition) is 2. The van der Waals surface area contributed by atoms with Crippen LogP contribution in [0, 0.1) is 0 Å². The van der Waals surface area contributed by atoms with Crippen molar-refractivity contribution in [1.82, 2.24) is 0 Å². The summed E-state index contributed by atoms with van der Waals surface area (Å²) in [7, 11) is 2.12. The molecule has 0 unspecified atom stereocenters. The molecule has 3 aromatic heterocycles. The SMILES string of the molecule is C[n+]1c(/C=C/c2ccc(-c3cccs3)s2)ccc2ccccc21. The van der Waals surface area contributed by atoms with Gasteiger partial charge in [0.2, 0.25) is 11.2 Å². The molecule has 3 heteroatoms. The van der Waals surface area contributed by atoms with Crippen LogP contribution in [0.25, 0.3) is 32.8 Å². The summed E-state index contributed by atoms with van der Waals surface area (Å²) in [6.45, 7) is 0. The quantitative estimate of drug-likeness (QED) is 0.428. The zero-order valence-electron chi connectivity index (χ0n) is 12.8. The fourth-order valence-electron chi connectivity index (χ4n) is 2.69. The predicted molar refractivity (Wildman–Crippen MR) is 102 cm³/mol. The van der Waals surface area contributed by atoms with E-state index in [1.165, 1.54) is 31.2 Å². The zero-order chi connectivity index (χ0) is 15.6. The van der Waals surface area contributed by atoms with Crippen molar-refractivity contribution >= 4 is 45.7 Å². The van der Waals surface area contributed by atoms with Gasteiger partial charge in [-0.25, -0.2) is 0 Å². The number of aromatic nitrogens is 1. The van der Waals surface area contributed by atoms with E-state index in [9.17, 15) is 0 Å². The van der Waals surface area contributed by atoms with Crippen LogP contribution in [0.4, 0.5) is 0 Å². The summed E-state index contributed by atoms with van der Waals surface area (Å²) in [5, 5.41) is 3.39. The molecule has 4 aromatic rings. The maximum absolute atomic E-state index is 2.24. The van der Waals surface area contributed by atoms with E-state index in [1.54, 1.807) is 11.3 Å². The fraction of sp³-hybridized carbons (Fsp3) is 0.0500. The molecule has 23 heavy (non-hydrogen) atoms. The average molecular weight is 334 g/mol. The highest BCUT2D eigenvalue weighted by atomic mass is 32.1. The lowest BCUT2D eigenvalue weighted by Crippen LogP contribution is -2.32. The van der Waals surface area contributed by atoms with E-state index in [0.29, 0.717) is 0 Å². The number of fused-ring (bicyclic) bond motifs is 1. The Morgan fingerprint density at radius 2 is 1.74 bits per heavy atom. The fourth-order valence-corrected chi connectivity index (χ4v) is 4.43. The molecular weight excluding hydrogens is 318 g/mol. The van der Waals surface area contributed by atoms with Crippen molar-refractivity contribution in [3.63, 3.8) is 0 Å². The Labute approximate surface area is 143 Å². The van der Waals surface area contributed by atoms with Crippen molar-refractivity contribution in [1.29, 1.82) is 0 Å². The van der Waals surface area contributed by atoms with Gasteiger partial charge < -0.3 is 0 Å². The molecule has 3 heterocycles. The Kier molecular flexibility index (Phi) is 3.82. The second-order valence-electron chi connectivity index (χ2n) is 5.39. The minimum atomic E-state index is 1.20. The first-order valence-electron chi connectivity index (χ1n) is 7.51. The lowest BCUT2D eigenvalue weighted by atomic mass is 10.2. The van der Waals surface area contributed by atoms with Gasteiger partial charge in [-0.15, -0.1) is 22.7 Å². The minimum Gasteiger partial charge on any atom is -0.195 e. The number of nitrogens with zero attached hydrogens (tertiary/aromatic N) is 1. The van der Waals surface area contributed by atoms with E-state index < -0.39 is 0 Å². The maximum Gasteiger partial charge on any atom is 0.212 e. The number of hydrogen-bond donors (Lipinski definition) is 0. The van der Waals surface area contributed by atoms with E-state index in [-0.39, 0.29) is 0 Å². The third-order valence-corrected chi connectivity index (χ3v) is 6.04. The second kappa shape index (κ2) is 6.11. The van der Waals surface area contributed by atoms with Crippen molar-refractivity contribution in [2.24, 2.45) is 7.05 Å². The Morgan fingerprint density at radius 3 is 2.61 bits per heavy atom. The Balaban J connectivity index is 1.65. The van der Waals surface area contributed by atoms with Gasteiger partial charge in [0, 0.05) is 38.2 Å². The predicted octanol–water partition coefficient (Wildman–Crippen LogP) is 5.62. The Bertz CT molecular complexity index is 978. The van der Waals surface area contributed by atoms with Crippen LogP contribution < -0.4 is 4.57 Å². The molecule has 0 fully saturated rings. The lowest BCUT2D eigenvalue weighted by Gasteiger charge is -1.99. The first-order chi connectivity index (χ1) is 11.3. The number of para-hydroxylation sites is 1. The van der Waals surface area contributed by atoms with Crippen molar-refractivity contribution in [3.8, 4) is 9.75 Å². The molecule has 0 spiro atoms. The van der Waals surface area contributed by atoms with Crippen LogP contribution in [-0.2, 0) is 7.05 Å². The molecule has 0 N–H and O–H groups in total. The van der Waals surface area contributed by atoms with E-state index in [2.05, 4.69) is 89.8 Å². The third-order valence-electron chi connectivity index (χ3n) is 3.93. The molecule has 0 saturated carbocycles. The highest BCUT2D eigenvalue weighted by molar-refractivity contribution is 7.21. The molecule has 0 atom stereocenters. The van der Waals surface area contributed by atoms with Crippen LogP contribution in [0.5, 0.6) is 0 Å². The molecule has 112 valence electrons. The first kappa shape index (κ1) is 14.4.